The molecule has 2 aromatic carbocycles. The maximum Gasteiger partial charge on any atom is 0.303 e. The molecule has 0 spiro atoms. The summed E-state index contributed by atoms with van der Waals surface area (Å²) in [6, 6.07) is -3.78. The van der Waals surface area contributed by atoms with Gasteiger partial charge in [0.15, 0.2) is 0 Å². The van der Waals surface area contributed by atoms with E-state index in [1.807, 2.05) is 25.2 Å². The van der Waals surface area contributed by atoms with E-state index in [0.29, 0.717) is 22.5 Å². The van der Waals surface area contributed by atoms with Crippen molar-refractivity contribution in [3.63, 3.8) is 0 Å². The number of nitrogens with one attached hydrogen (secondary N) is 9. The number of benzene rings is 2. The summed E-state index contributed by atoms with van der Waals surface area (Å²) in [6.45, 7) is 7.04. The van der Waals surface area contributed by atoms with Crippen LogP contribution >= 0.6 is 11.8 Å². The summed E-state index contributed by atoms with van der Waals surface area (Å²) < 4.78 is 0. The molecule has 1 aliphatic carbocycles. The largest absolute Gasteiger partial charge is 0.508 e. The van der Waals surface area contributed by atoms with Gasteiger partial charge in [-0.05, 0) is 119 Å². The molecule has 1 aliphatic heterocycles. The van der Waals surface area contributed by atoms with Crippen LogP contribution in [0.5, 0.6) is 11.5 Å². The van der Waals surface area contributed by atoms with Gasteiger partial charge in [-0.25, -0.2) is 0 Å². The van der Waals surface area contributed by atoms with Gasteiger partial charge in [0.1, 0.15) is 71.9 Å². The topological polar surface area (TPSA) is 504 Å². The minimum Gasteiger partial charge on any atom is -0.508 e. The fraction of sp³-hybridized carbons (Fsp3) is 0.531. The van der Waals surface area contributed by atoms with Crippen LogP contribution in [-0.2, 0) is 80.0 Å². The number of phenols is 2. The summed E-state index contributed by atoms with van der Waals surface area (Å²) in [7, 11) is 0. The normalized spacial score (nSPS) is 16.8. The lowest BCUT2D eigenvalue weighted by Crippen LogP contribution is -2.62. The number of carbonyl (C=O) groups excluding carboxylic acids is 12. The number of nitrogens with zero attached hydrogens (tertiary/aromatic N) is 1. The average molecular weight is 1360 g/mol. The molecule has 526 valence electrons. The van der Waals surface area contributed by atoms with Crippen molar-refractivity contribution in [3.8, 4) is 11.5 Å². The number of carboxylic acid groups (broad SMARTS) is 2. The smallest absolute Gasteiger partial charge is 0.303 e. The lowest BCUT2D eigenvalue weighted by molar-refractivity contribution is -0.142. The minimum absolute atomic E-state index is 0.0293. The predicted octanol–water partition coefficient (Wildman–Crippen LogP) is -1.07. The minimum atomic E-state index is -1.94. The van der Waals surface area contributed by atoms with Crippen LogP contribution in [0.2, 0.25) is 0 Å². The third-order valence-electron chi connectivity index (χ3n) is 15.9. The van der Waals surface area contributed by atoms with Crippen LogP contribution in [-0.4, -0.2) is 192 Å². The van der Waals surface area contributed by atoms with Gasteiger partial charge in [-0.1, -0.05) is 74.5 Å². The summed E-state index contributed by atoms with van der Waals surface area (Å²) >= 11 is 0.976. The van der Waals surface area contributed by atoms with E-state index in [2.05, 4.69) is 47.9 Å². The van der Waals surface area contributed by atoms with Crippen LogP contribution in [0.1, 0.15) is 129 Å². The number of aliphatic hydroxyl groups is 1. The molecule has 0 radical (unpaired) electrons. The Morgan fingerprint density at radius 3 is 1.51 bits per heavy atom. The second-order valence-electron chi connectivity index (χ2n) is 23.6. The summed E-state index contributed by atoms with van der Waals surface area (Å²) in [5, 5.41) is 72.0. The Labute approximate surface area is 559 Å². The van der Waals surface area contributed by atoms with Crippen molar-refractivity contribution >= 4 is 93.8 Å². The predicted molar refractivity (Wildman–Crippen MR) is 348 cm³/mol. The number of amides is 11. The maximum atomic E-state index is 14.4. The third-order valence-corrected chi connectivity index (χ3v) is 16.8. The number of hydrogen-bond acceptors (Lipinski definition) is 19. The van der Waals surface area contributed by atoms with Crippen molar-refractivity contribution < 1.29 is 92.7 Å². The number of rotatable bonds is 39. The number of aliphatic carboxylic acids is 2. The number of hydrogen-bond donors (Lipinski definition) is 16. The van der Waals surface area contributed by atoms with Crippen LogP contribution in [0, 0.1) is 5.92 Å². The van der Waals surface area contributed by atoms with Gasteiger partial charge in [0.05, 0.1) is 6.10 Å². The van der Waals surface area contributed by atoms with Gasteiger partial charge < -0.3 is 89.8 Å². The van der Waals surface area contributed by atoms with Crippen molar-refractivity contribution in [2.75, 3.05) is 13.1 Å². The third kappa shape index (κ3) is 26.4. The molecule has 31 nitrogen and oxygen atoms in total. The van der Waals surface area contributed by atoms with Gasteiger partial charge >= 0.3 is 11.9 Å². The number of allylic oxidation sites excluding steroid dienone is 3. The Morgan fingerprint density at radius 2 is 1.04 bits per heavy atom. The standard InChI is InChI=1S/C64H90N12O19S/c1-6-34(2)53(64(95)96-42-12-8-7-9-13-42)74-59(90)47(32-38-16-20-40(79)21-17-38)73-58(89)45(24-27-50(66)81)70-61(92)49-15-11-31-76(49)63(94)35(3)67-55(86)46(26-29-52(84)85)71-62(93)54(36(4)77)75-60(91)48(33-39-18-22-41(80)23-19-39)72-56(87)43(14-10-30-65)69-57(88)44(68-37(5)78)25-28-51(82)83/h8,12-13,16-23,34-36,43-49,53-54,77,79-80H,6-7,9-11,14-15,24-33,65H2,1-5H3,(H2,66,81)(H,67,86)(H,68,78)(H,69,88)(H,70,92)(H,71,93)(H,72,87)(H,73,89)(H,74,90)(H,75,91)(H,82,83)(H,84,85)/t34?,35-,36?,43+,44+,45-,46-,47+,48+,49+,53+,54-/m1/s1. The van der Waals surface area contributed by atoms with Crippen LogP contribution in [0.3, 0.4) is 0 Å². The number of primary amides is 1. The molecule has 18 N–H and O–H groups in total. The number of aliphatic hydroxyl groups excluding tert-OH is 1. The van der Waals surface area contributed by atoms with E-state index in [1.54, 1.807) is 6.92 Å². The molecule has 11 amide bonds. The van der Waals surface area contributed by atoms with E-state index in [0.717, 1.165) is 43.4 Å². The Kier molecular flexibility index (Phi) is 32.5. The van der Waals surface area contributed by atoms with Gasteiger partial charge in [0.25, 0.3) is 0 Å². The summed E-state index contributed by atoms with van der Waals surface area (Å²) in [5.74, 6) is -13.6. The van der Waals surface area contributed by atoms with Gasteiger partial charge in [0, 0.05) is 50.5 Å². The van der Waals surface area contributed by atoms with Crippen molar-refractivity contribution in [3.05, 3.63) is 82.8 Å². The van der Waals surface area contributed by atoms with Crippen molar-refractivity contribution in [1.82, 2.24) is 52.8 Å². The molecule has 1 heterocycles. The highest BCUT2D eigenvalue weighted by molar-refractivity contribution is 8.17. The molecule has 2 aliphatic rings. The second kappa shape index (κ2) is 39.4. The number of likely N-dealkylation sites (tertiary alicyclic amines) is 1. The lowest BCUT2D eigenvalue weighted by Gasteiger charge is -2.30. The first kappa shape index (κ1) is 79.0. The van der Waals surface area contributed by atoms with Crippen LogP contribution in [0.25, 0.3) is 0 Å². The van der Waals surface area contributed by atoms with E-state index in [4.69, 9.17) is 11.5 Å². The molecule has 0 bridgehead atoms. The van der Waals surface area contributed by atoms with Crippen molar-refractivity contribution in [2.24, 2.45) is 17.4 Å². The maximum absolute atomic E-state index is 14.4. The van der Waals surface area contributed by atoms with Crippen LogP contribution < -0.4 is 59.3 Å². The first-order valence-electron chi connectivity index (χ1n) is 31.7. The van der Waals surface area contributed by atoms with Crippen LogP contribution in [0.15, 0.2) is 71.7 Å². The average Bonchev–Trinajstić information content (AvgIpc) is 1.57. The zero-order valence-corrected chi connectivity index (χ0v) is 55.1. The van der Waals surface area contributed by atoms with E-state index < -0.39 is 169 Å². The Bertz CT molecular complexity index is 3170. The monoisotopic (exact) mass is 1360 g/mol. The van der Waals surface area contributed by atoms with E-state index in [1.165, 1.54) is 55.5 Å². The number of aromatic hydroxyl groups is 2. The first-order chi connectivity index (χ1) is 45.4. The fourth-order valence-electron chi connectivity index (χ4n) is 10.3. The highest BCUT2D eigenvalue weighted by atomic mass is 32.2. The van der Waals surface area contributed by atoms with E-state index in [9.17, 15) is 92.7 Å². The zero-order valence-electron chi connectivity index (χ0n) is 54.3. The highest BCUT2D eigenvalue weighted by Gasteiger charge is 2.41. The first-order valence-corrected chi connectivity index (χ1v) is 32.5. The molecule has 96 heavy (non-hydrogen) atoms. The fourth-order valence-corrected chi connectivity index (χ4v) is 11.3. The molecule has 1 saturated heterocycles. The molecule has 12 atom stereocenters. The van der Waals surface area contributed by atoms with Gasteiger partial charge in [-0.2, -0.15) is 0 Å². The Morgan fingerprint density at radius 1 is 0.583 bits per heavy atom. The number of carboxylic acids is 2. The summed E-state index contributed by atoms with van der Waals surface area (Å²) in [6.07, 6.45) is 2.68. The summed E-state index contributed by atoms with van der Waals surface area (Å²) in [4.78, 5) is 190. The van der Waals surface area contributed by atoms with Crippen molar-refractivity contribution in [1.29, 1.82) is 0 Å². The molecule has 1 fully saturated rings. The number of nitrogens with two attached hydrogens (primary N) is 2. The van der Waals surface area contributed by atoms with E-state index in [-0.39, 0.29) is 87.0 Å². The molecule has 2 aromatic rings. The van der Waals surface area contributed by atoms with Crippen molar-refractivity contribution in [2.45, 2.75) is 197 Å². The van der Waals surface area contributed by atoms with Gasteiger partial charge in [0.2, 0.25) is 70.1 Å². The molecule has 0 aromatic heterocycles. The molecule has 0 saturated carbocycles. The number of thioether (sulfide) groups is 1. The Balaban J connectivity index is 1.54. The van der Waals surface area contributed by atoms with E-state index >= 15 is 0 Å². The summed E-state index contributed by atoms with van der Waals surface area (Å²) in [5.41, 5.74) is 12.0. The number of phenolic OH excluding ortho intramolecular Hbond substituents is 2. The lowest BCUT2D eigenvalue weighted by atomic mass is 9.98. The highest BCUT2D eigenvalue weighted by Crippen LogP contribution is 2.27. The van der Waals surface area contributed by atoms with Gasteiger partial charge in [-0.15, -0.1) is 0 Å². The SMILES string of the molecule is CCC(C)[C@H](NC(=O)[C@H](Cc1ccc(O)cc1)NC(=O)[C@@H](CCC(N)=O)NC(=O)[C@@H]1CCCN1C(=O)[C@@H](C)NC(=O)[C@@H](CCC(=O)O)NC(=O)[C@H](NC(=O)[C@H](Cc1ccc(O)cc1)NC(=O)[C@H](CCCN)NC(=O)[C@H](CCC(=O)O)NC(C)=O)C(C)O)C(=O)SC1=CCCC=C1. The van der Waals surface area contributed by atoms with Crippen LogP contribution in [0.4, 0.5) is 0 Å². The molecule has 4 rings (SSSR count). The molecular weight excluding hydrogens is 1270 g/mol. The molecular formula is C64H90N12O19S. The molecule has 2 unspecified atom stereocenters. The molecule has 32 heteroatoms. The second-order valence-corrected chi connectivity index (χ2v) is 24.7. The Hall–Kier alpha value is -9.43. The quantitative estimate of drug-likeness (QED) is 0.0379. The number of carbonyl (C=O) groups is 14. The zero-order chi connectivity index (χ0) is 71.3. The van der Waals surface area contributed by atoms with Gasteiger partial charge in [-0.3, -0.25) is 67.1 Å².